The van der Waals surface area contributed by atoms with Crippen molar-refractivity contribution < 1.29 is 4.21 Å². The Bertz CT molecular complexity index is 575. The average molecular weight is 293 g/mol. The molecule has 0 aliphatic carbocycles. The van der Waals surface area contributed by atoms with Crippen LogP contribution in [0.4, 0.5) is 5.69 Å². The zero-order chi connectivity index (χ0) is 13.8. The number of aryl methyl sites for hydroxylation is 2. The number of benzene rings is 1. The molecular formula is C15H23N3OS. The summed E-state index contributed by atoms with van der Waals surface area (Å²) in [5.74, 6) is 0.496. The molecule has 4 nitrogen and oxygen atoms in total. The molecule has 2 N–H and O–H groups in total. The first-order valence-electron chi connectivity index (χ1n) is 6.36. The summed E-state index contributed by atoms with van der Waals surface area (Å²) in [6, 6.07) is 7.20. The number of aromatic nitrogens is 2. The first-order valence-corrected chi connectivity index (χ1v) is 7.68. The minimum atomic E-state index is -1.06. The van der Waals surface area contributed by atoms with Crippen LogP contribution in [0.5, 0.6) is 0 Å². The highest BCUT2D eigenvalue weighted by Crippen LogP contribution is 2.16. The van der Waals surface area contributed by atoms with E-state index in [-0.39, 0.29) is 7.43 Å². The lowest BCUT2D eigenvalue weighted by atomic mass is 10.3. The molecule has 1 heterocycles. The van der Waals surface area contributed by atoms with Crippen LogP contribution < -0.4 is 5.73 Å². The van der Waals surface area contributed by atoms with E-state index in [1.165, 1.54) is 0 Å². The second-order valence-electron chi connectivity index (χ2n) is 4.53. The molecule has 0 aliphatic heterocycles. The van der Waals surface area contributed by atoms with Crippen molar-refractivity contribution in [1.29, 1.82) is 0 Å². The van der Waals surface area contributed by atoms with E-state index in [1.807, 2.05) is 25.4 Å². The quantitative estimate of drug-likeness (QED) is 0.862. The lowest BCUT2D eigenvalue weighted by Crippen LogP contribution is -2.06. The predicted molar refractivity (Wildman–Crippen MR) is 85.0 cm³/mol. The minimum Gasteiger partial charge on any atom is -0.399 e. The summed E-state index contributed by atoms with van der Waals surface area (Å²) in [4.78, 5) is 5.11. The molecular weight excluding hydrogens is 270 g/mol. The van der Waals surface area contributed by atoms with Crippen LogP contribution in [0.15, 0.2) is 35.5 Å². The van der Waals surface area contributed by atoms with Gasteiger partial charge in [-0.2, -0.15) is 0 Å². The van der Waals surface area contributed by atoms with Crippen molar-refractivity contribution in [2.75, 3.05) is 5.73 Å². The van der Waals surface area contributed by atoms with Gasteiger partial charge < -0.3 is 10.3 Å². The van der Waals surface area contributed by atoms with Crippen LogP contribution in [0, 0.1) is 6.92 Å². The Balaban J connectivity index is 0.00000200. The summed E-state index contributed by atoms with van der Waals surface area (Å²) >= 11 is 0. The number of anilines is 1. The minimum absolute atomic E-state index is 0. The summed E-state index contributed by atoms with van der Waals surface area (Å²) in [6.45, 7) is 4.99. The Hall–Kier alpha value is -1.62. The molecule has 1 atom stereocenters. The summed E-state index contributed by atoms with van der Waals surface area (Å²) in [7, 11) is -1.06. The standard InChI is InChI=1S/C14H19N3OS.CH4/c1-3-8-17-10-16-11(2)14(17)9-19(18)13-6-4-12(15)5-7-13;/h4-7,10H,3,8-9,15H2,1-2H3;1H4/t19-;/m0./s1. The molecule has 0 saturated carbocycles. The van der Waals surface area contributed by atoms with Crippen molar-refractivity contribution in [3.63, 3.8) is 0 Å². The average Bonchev–Trinajstić information content (AvgIpc) is 2.73. The second-order valence-corrected chi connectivity index (χ2v) is 5.98. The van der Waals surface area contributed by atoms with Crippen LogP contribution in [0.3, 0.4) is 0 Å². The number of nitrogens with zero attached hydrogens (tertiary/aromatic N) is 2. The van der Waals surface area contributed by atoms with Gasteiger partial charge in [0, 0.05) is 17.1 Å². The Kier molecular flexibility index (Phi) is 5.95. The van der Waals surface area contributed by atoms with Crippen molar-refractivity contribution in [2.45, 2.75) is 44.9 Å². The summed E-state index contributed by atoms with van der Waals surface area (Å²) in [5, 5.41) is 0. The van der Waals surface area contributed by atoms with Gasteiger partial charge in [0.2, 0.25) is 0 Å². The molecule has 0 amide bonds. The highest BCUT2D eigenvalue weighted by atomic mass is 32.2. The lowest BCUT2D eigenvalue weighted by molar-refractivity contribution is 0.651. The number of rotatable bonds is 5. The number of imidazole rings is 1. The van der Waals surface area contributed by atoms with Gasteiger partial charge in [-0.15, -0.1) is 0 Å². The van der Waals surface area contributed by atoms with Crippen LogP contribution in [-0.4, -0.2) is 13.8 Å². The molecule has 0 saturated heterocycles. The number of hydrogen-bond donors (Lipinski definition) is 1. The zero-order valence-corrected chi connectivity index (χ0v) is 12.1. The molecule has 20 heavy (non-hydrogen) atoms. The normalized spacial score (nSPS) is 11.9. The Morgan fingerprint density at radius 2 is 1.95 bits per heavy atom. The molecule has 1 aromatic heterocycles. The SMILES string of the molecule is C.CCCn1cnc(C)c1C[S@](=O)c1ccc(N)cc1. The van der Waals surface area contributed by atoms with E-state index in [0.717, 1.165) is 29.2 Å². The van der Waals surface area contributed by atoms with E-state index < -0.39 is 10.8 Å². The largest absolute Gasteiger partial charge is 0.399 e. The highest BCUT2D eigenvalue weighted by Gasteiger charge is 2.12. The maximum Gasteiger partial charge on any atom is 0.0951 e. The van der Waals surface area contributed by atoms with Gasteiger partial charge in [0.25, 0.3) is 0 Å². The molecule has 5 heteroatoms. The second kappa shape index (κ2) is 7.24. The molecule has 2 aromatic rings. The number of nitrogens with two attached hydrogens (primary N) is 1. The molecule has 1 aromatic carbocycles. The Morgan fingerprint density at radius 1 is 1.30 bits per heavy atom. The van der Waals surface area contributed by atoms with Crippen LogP contribution >= 0.6 is 0 Å². The fraction of sp³-hybridized carbons (Fsp3) is 0.400. The van der Waals surface area contributed by atoms with Gasteiger partial charge in [-0.1, -0.05) is 14.4 Å². The van der Waals surface area contributed by atoms with Crippen LogP contribution in [0.25, 0.3) is 0 Å². The molecule has 2 rings (SSSR count). The van der Waals surface area contributed by atoms with Crippen molar-refractivity contribution in [3.05, 3.63) is 42.0 Å². The van der Waals surface area contributed by atoms with Gasteiger partial charge in [-0.3, -0.25) is 4.21 Å². The van der Waals surface area contributed by atoms with Gasteiger partial charge in [0.05, 0.1) is 34.3 Å². The third-order valence-corrected chi connectivity index (χ3v) is 4.36. The fourth-order valence-electron chi connectivity index (χ4n) is 1.96. The molecule has 0 radical (unpaired) electrons. The van der Waals surface area contributed by atoms with Gasteiger partial charge >= 0.3 is 0 Å². The van der Waals surface area contributed by atoms with Crippen molar-refractivity contribution in [1.82, 2.24) is 9.55 Å². The smallest absolute Gasteiger partial charge is 0.0951 e. The van der Waals surface area contributed by atoms with E-state index in [0.29, 0.717) is 11.4 Å². The number of nitrogen functional groups attached to an aromatic ring is 1. The molecule has 0 aliphatic rings. The van der Waals surface area contributed by atoms with Gasteiger partial charge in [0.15, 0.2) is 0 Å². The molecule has 0 bridgehead atoms. The summed E-state index contributed by atoms with van der Waals surface area (Å²) in [6.07, 6.45) is 2.87. The monoisotopic (exact) mass is 293 g/mol. The number of hydrogen-bond acceptors (Lipinski definition) is 3. The van der Waals surface area contributed by atoms with Crippen molar-refractivity contribution in [2.24, 2.45) is 0 Å². The third kappa shape index (κ3) is 3.70. The van der Waals surface area contributed by atoms with Crippen molar-refractivity contribution in [3.8, 4) is 0 Å². The first-order chi connectivity index (χ1) is 9.11. The van der Waals surface area contributed by atoms with E-state index in [9.17, 15) is 4.21 Å². The molecule has 110 valence electrons. The molecule has 0 spiro atoms. The highest BCUT2D eigenvalue weighted by molar-refractivity contribution is 7.84. The molecule has 0 unspecified atom stereocenters. The van der Waals surface area contributed by atoms with Crippen LogP contribution in [0.1, 0.15) is 32.2 Å². The van der Waals surface area contributed by atoms with Crippen LogP contribution in [0.2, 0.25) is 0 Å². The maximum absolute atomic E-state index is 12.4. The van der Waals surface area contributed by atoms with Crippen molar-refractivity contribution >= 4 is 16.5 Å². The Labute approximate surface area is 123 Å². The van der Waals surface area contributed by atoms with E-state index >= 15 is 0 Å². The lowest BCUT2D eigenvalue weighted by Gasteiger charge is -2.08. The summed E-state index contributed by atoms with van der Waals surface area (Å²) in [5.41, 5.74) is 8.33. The third-order valence-electron chi connectivity index (χ3n) is 3.03. The van der Waals surface area contributed by atoms with Gasteiger partial charge in [-0.05, 0) is 37.6 Å². The zero-order valence-electron chi connectivity index (χ0n) is 11.3. The first kappa shape index (κ1) is 16.4. The summed E-state index contributed by atoms with van der Waals surface area (Å²) < 4.78 is 14.4. The van der Waals surface area contributed by atoms with E-state index in [2.05, 4.69) is 16.5 Å². The molecule has 0 fully saturated rings. The van der Waals surface area contributed by atoms with E-state index in [1.54, 1.807) is 12.1 Å². The predicted octanol–water partition coefficient (Wildman–Crippen LogP) is 3.13. The fourth-order valence-corrected chi connectivity index (χ4v) is 3.19. The Morgan fingerprint density at radius 3 is 2.55 bits per heavy atom. The van der Waals surface area contributed by atoms with E-state index in [4.69, 9.17) is 5.73 Å². The maximum atomic E-state index is 12.4. The van der Waals surface area contributed by atoms with Gasteiger partial charge in [-0.25, -0.2) is 4.98 Å². The topological polar surface area (TPSA) is 60.9 Å². The van der Waals surface area contributed by atoms with Gasteiger partial charge in [0.1, 0.15) is 0 Å². The van der Waals surface area contributed by atoms with Crippen LogP contribution in [-0.2, 0) is 23.1 Å².